The third-order valence-corrected chi connectivity index (χ3v) is 5.51. The van der Waals surface area contributed by atoms with E-state index in [1.165, 1.54) is 27.8 Å². The molecule has 0 radical (unpaired) electrons. The summed E-state index contributed by atoms with van der Waals surface area (Å²) < 4.78 is 1.96. The maximum atomic E-state index is 4.55. The lowest BCUT2D eigenvalue weighted by Crippen LogP contribution is -1.94. The molecule has 4 aromatic carbocycles. The summed E-state index contributed by atoms with van der Waals surface area (Å²) >= 11 is 0. The van der Waals surface area contributed by atoms with Crippen LogP contribution in [0, 0.1) is 0 Å². The summed E-state index contributed by atoms with van der Waals surface area (Å²) in [6, 6.07) is 38.4. The largest absolute Gasteiger partial charge is 0.267 e. The molecule has 0 aliphatic rings. The quantitative estimate of drug-likeness (QED) is 0.322. The van der Waals surface area contributed by atoms with Gasteiger partial charge in [0, 0.05) is 18.2 Å². The SMILES string of the molecule is Cn1ncc(-c2ccc(-c3ccccc3)cc2)c1-c1ccc(-c2ccccc2)cc1. The van der Waals surface area contributed by atoms with Gasteiger partial charge >= 0.3 is 0 Å². The van der Waals surface area contributed by atoms with Gasteiger partial charge in [0.05, 0.1) is 11.9 Å². The Morgan fingerprint density at radius 3 is 1.37 bits per heavy atom. The zero-order valence-electron chi connectivity index (χ0n) is 16.9. The van der Waals surface area contributed by atoms with E-state index in [4.69, 9.17) is 0 Å². The van der Waals surface area contributed by atoms with Crippen molar-refractivity contribution in [3.05, 3.63) is 115 Å². The molecule has 30 heavy (non-hydrogen) atoms. The van der Waals surface area contributed by atoms with Crippen LogP contribution in [0.25, 0.3) is 44.6 Å². The first-order valence-corrected chi connectivity index (χ1v) is 10.1. The molecule has 0 saturated carbocycles. The molecule has 0 saturated heterocycles. The number of nitrogens with zero attached hydrogens (tertiary/aromatic N) is 2. The lowest BCUT2D eigenvalue weighted by atomic mass is 9.97. The van der Waals surface area contributed by atoms with Crippen LogP contribution in [0.1, 0.15) is 0 Å². The van der Waals surface area contributed by atoms with E-state index >= 15 is 0 Å². The topological polar surface area (TPSA) is 17.8 Å². The second kappa shape index (κ2) is 7.84. The van der Waals surface area contributed by atoms with Gasteiger partial charge in [0.1, 0.15) is 0 Å². The summed E-state index contributed by atoms with van der Waals surface area (Å²) in [4.78, 5) is 0. The van der Waals surface area contributed by atoms with Crippen molar-refractivity contribution >= 4 is 0 Å². The van der Waals surface area contributed by atoms with Crippen LogP contribution in [0.4, 0.5) is 0 Å². The molecule has 144 valence electrons. The number of hydrogen-bond donors (Lipinski definition) is 0. The first-order chi connectivity index (χ1) is 14.8. The van der Waals surface area contributed by atoms with Gasteiger partial charge in [0.25, 0.3) is 0 Å². The normalized spacial score (nSPS) is 10.8. The summed E-state index contributed by atoms with van der Waals surface area (Å²) in [5.41, 5.74) is 9.50. The Kier molecular flexibility index (Phi) is 4.74. The van der Waals surface area contributed by atoms with Crippen molar-refractivity contribution in [1.82, 2.24) is 9.78 Å². The smallest absolute Gasteiger partial charge is 0.0757 e. The van der Waals surface area contributed by atoms with Gasteiger partial charge in [0.15, 0.2) is 0 Å². The Balaban J connectivity index is 1.49. The average molecular weight is 386 g/mol. The molecule has 0 N–H and O–H groups in total. The van der Waals surface area contributed by atoms with Crippen molar-refractivity contribution in [2.24, 2.45) is 7.05 Å². The number of aromatic nitrogens is 2. The molecule has 5 aromatic rings. The minimum absolute atomic E-state index is 1.13. The van der Waals surface area contributed by atoms with Crippen LogP contribution in [0.3, 0.4) is 0 Å². The van der Waals surface area contributed by atoms with Crippen molar-refractivity contribution < 1.29 is 0 Å². The van der Waals surface area contributed by atoms with Crippen molar-refractivity contribution in [2.75, 3.05) is 0 Å². The Labute approximate surface area is 177 Å². The molecule has 2 nitrogen and oxygen atoms in total. The van der Waals surface area contributed by atoms with Gasteiger partial charge in [-0.15, -0.1) is 0 Å². The second-order valence-corrected chi connectivity index (χ2v) is 7.42. The molecule has 0 unspecified atom stereocenters. The van der Waals surface area contributed by atoms with Crippen LogP contribution >= 0.6 is 0 Å². The summed E-state index contributed by atoms with van der Waals surface area (Å²) in [5, 5.41) is 4.55. The van der Waals surface area contributed by atoms with Gasteiger partial charge in [-0.25, -0.2) is 0 Å². The standard InChI is InChI=1S/C28H22N2/c1-30-28(26-18-14-24(15-19-26)22-10-6-3-7-11-22)27(20-29-30)25-16-12-23(13-17-25)21-8-4-2-5-9-21/h2-20H,1H3. The predicted molar refractivity (Wildman–Crippen MR) is 125 cm³/mol. The van der Waals surface area contributed by atoms with Gasteiger partial charge in [-0.2, -0.15) is 5.10 Å². The predicted octanol–water partition coefficient (Wildman–Crippen LogP) is 7.09. The lowest BCUT2D eigenvalue weighted by Gasteiger charge is -2.09. The van der Waals surface area contributed by atoms with E-state index in [-0.39, 0.29) is 0 Å². The fourth-order valence-corrected chi connectivity index (χ4v) is 3.92. The van der Waals surface area contributed by atoms with E-state index in [1.54, 1.807) is 0 Å². The Morgan fingerprint density at radius 1 is 0.467 bits per heavy atom. The molecule has 0 aliphatic heterocycles. The van der Waals surface area contributed by atoms with Crippen LogP contribution in [-0.4, -0.2) is 9.78 Å². The fourth-order valence-electron chi connectivity index (χ4n) is 3.92. The maximum absolute atomic E-state index is 4.55. The molecule has 0 spiro atoms. The maximum Gasteiger partial charge on any atom is 0.0757 e. The summed E-state index contributed by atoms with van der Waals surface area (Å²) in [7, 11) is 2.00. The monoisotopic (exact) mass is 386 g/mol. The highest BCUT2D eigenvalue weighted by Gasteiger charge is 2.13. The summed E-state index contributed by atoms with van der Waals surface area (Å²) in [6.07, 6.45) is 1.96. The van der Waals surface area contributed by atoms with Gasteiger partial charge in [-0.3, -0.25) is 4.68 Å². The van der Waals surface area contributed by atoms with Crippen LogP contribution in [0.2, 0.25) is 0 Å². The highest BCUT2D eigenvalue weighted by molar-refractivity contribution is 5.82. The molecule has 0 bridgehead atoms. The van der Waals surface area contributed by atoms with E-state index < -0.39 is 0 Å². The van der Waals surface area contributed by atoms with Crippen LogP contribution in [-0.2, 0) is 7.05 Å². The molecule has 1 heterocycles. The van der Waals surface area contributed by atoms with E-state index in [2.05, 4.69) is 102 Å². The molecule has 0 fully saturated rings. The van der Waals surface area contributed by atoms with Gasteiger partial charge in [-0.1, -0.05) is 109 Å². The van der Waals surface area contributed by atoms with E-state index in [0.717, 1.165) is 16.8 Å². The molecule has 0 aliphatic carbocycles. The van der Waals surface area contributed by atoms with Crippen LogP contribution < -0.4 is 0 Å². The van der Waals surface area contributed by atoms with Crippen molar-refractivity contribution in [3.8, 4) is 44.6 Å². The van der Waals surface area contributed by atoms with Crippen molar-refractivity contribution in [1.29, 1.82) is 0 Å². The minimum atomic E-state index is 1.13. The zero-order valence-corrected chi connectivity index (χ0v) is 16.9. The third-order valence-electron chi connectivity index (χ3n) is 5.51. The molecular weight excluding hydrogens is 364 g/mol. The summed E-state index contributed by atoms with van der Waals surface area (Å²) in [5.74, 6) is 0. The fraction of sp³-hybridized carbons (Fsp3) is 0.0357. The molecular formula is C28H22N2. The van der Waals surface area contributed by atoms with E-state index in [9.17, 15) is 0 Å². The van der Waals surface area contributed by atoms with E-state index in [1.807, 2.05) is 30.1 Å². The molecule has 1 aromatic heterocycles. The average Bonchev–Trinajstić information content (AvgIpc) is 3.22. The highest BCUT2D eigenvalue weighted by Crippen LogP contribution is 2.34. The second-order valence-electron chi connectivity index (χ2n) is 7.42. The molecule has 0 atom stereocenters. The van der Waals surface area contributed by atoms with Gasteiger partial charge < -0.3 is 0 Å². The zero-order chi connectivity index (χ0) is 20.3. The van der Waals surface area contributed by atoms with Crippen LogP contribution in [0.15, 0.2) is 115 Å². The number of rotatable bonds is 4. The van der Waals surface area contributed by atoms with Crippen molar-refractivity contribution in [2.45, 2.75) is 0 Å². The van der Waals surface area contributed by atoms with Crippen molar-refractivity contribution in [3.63, 3.8) is 0 Å². The Hall–Kier alpha value is -3.91. The number of hydrogen-bond acceptors (Lipinski definition) is 1. The van der Waals surface area contributed by atoms with Gasteiger partial charge in [0.2, 0.25) is 0 Å². The lowest BCUT2D eigenvalue weighted by molar-refractivity contribution is 0.776. The third kappa shape index (κ3) is 3.44. The first kappa shape index (κ1) is 18.1. The first-order valence-electron chi connectivity index (χ1n) is 10.1. The van der Waals surface area contributed by atoms with Crippen LogP contribution in [0.5, 0.6) is 0 Å². The molecule has 2 heteroatoms. The highest BCUT2D eigenvalue weighted by atomic mass is 15.3. The minimum Gasteiger partial charge on any atom is -0.267 e. The van der Waals surface area contributed by atoms with Gasteiger partial charge in [-0.05, 0) is 27.8 Å². The Morgan fingerprint density at radius 2 is 0.867 bits per heavy atom. The number of benzene rings is 4. The van der Waals surface area contributed by atoms with E-state index in [0.29, 0.717) is 0 Å². The summed E-state index contributed by atoms with van der Waals surface area (Å²) in [6.45, 7) is 0. The number of aryl methyl sites for hydroxylation is 1. The molecule has 0 amide bonds. The molecule has 5 rings (SSSR count). The Bertz CT molecular complexity index is 1250.